The van der Waals surface area contributed by atoms with E-state index in [1.165, 1.54) is 30.8 Å². The van der Waals surface area contributed by atoms with Gasteiger partial charge >= 0.3 is 5.97 Å². The average molecular weight is 489 g/mol. The van der Waals surface area contributed by atoms with Crippen molar-refractivity contribution in [1.29, 1.82) is 5.26 Å². The number of nitriles is 1. The quantitative estimate of drug-likeness (QED) is 0.278. The van der Waals surface area contributed by atoms with Crippen molar-refractivity contribution < 1.29 is 28.6 Å². The number of esters is 1. The number of rotatable bonds is 8. The van der Waals surface area contributed by atoms with Crippen LogP contribution in [0.5, 0.6) is 11.5 Å². The molecule has 3 aromatic rings. The Balaban J connectivity index is 1.38. The number of ketones is 1. The molecule has 9 heteroatoms. The summed E-state index contributed by atoms with van der Waals surface area (Å²) in [6, 6.07) is 19.3. The summed E-state index contributed by atoms with van der Waals surface area (Å²) < 4.78 is 15.8. The molecule has 35 heavy (non-hydrogen) atoms. The van der Waals surface area contributed by atoms with E-state index < -0.39 is 18.5 Å². The second-order valence-corrected chi connectivity index (χ2v) is 8.54. The highest BCUT2D eigenvalue weighted by molar-refractivity contribution is 7.98. The van der Waals surface area contributed by atoms with Crippen LogP contribution in [0.25, 0.3) is 0 Å². The summed E-state index contributed by atoms with van der Waals surface area (Å²) in [5, 5.41) is 11.5. The van der Waals surface area contributed by atoms with Gasteiger partial charge in [-0.2, -0.15) is 5.26 Å². The number of fused-ring (bicyclic) bond motifs is 1. The van der Waals surface area contributed by atoms with Gasteiger partial charge in [-0.3, -0.25) is 9.59 Å². The molecule has 0 bridgehead atoms. The molecule has 0 radical (unpaired) electrons. The monoisotopic (exact) mass is 488 g/mol. The first kappa shape index (κ1) is 23.9. The Morgan fingerprint density at radius 3 is 2.46 bits per heavy atom. The number of benzene rings is 3. The molecule has 0 unspecified atom stereocenters. The van der Waals surface area contributed by atoms with Crippen LogP contribution >= 0.6 is 11.8 Å². The normalized spacial score (nSPS) is 11.4. The fraction of sp³-hybridized carbons (Fsp3) is 0.154. The highest BCUT2D eigenvalue weighted by atomic mass is 32.2. The van der Waals surface area contributed by atoms with Gasteiger partial charge in [-0.1, -0.05) is 24.3 Å². The lowest BCUT2D eigenvalue weighted by molar-refractivity contribution is -0.119. The van der Waals surface area contributed by atoms with Gasteiger partial charge in [0.25, 0.3) is 5.91 Å². The van der Waals surface area contributed by atoms with Crippen molar-refractivity contribution in [2.45, 2.75) is 17.6 Å². The molecule has 0 saturated carbocycles. The van der Waals surface area contributed by atoms with Gasteiger partial charge in [-0.15, -0.1) is 11.8 Å². The predicted molar refractivity (Wildman–Crippen MR) is 129 cm³/mol. The molecule has 3 aromatic carbocycles. The summed E-state index contributed by atoms with van der Waals surface area (Å²) >= 11 is 1.45. The van der Waals surface area contributed by atoms with E-state index in [-0.39, 0.29) is 23.8 Å². The summed E-state index contributed by atoms with van der Waals surface area (Å²) in [6.07, 6.45) is 0. The summed E-state index contributed by atoms with van der Waals surface area (Å²) in [6.45, 7) is 0.878. The molecule has 8 nitrogen and oxygen atoms in total. The van der Waals surface area contributed by atoms with Crippen LogP contribution in [0.1, 0.15) is 38.8 Å². The van der Waals surface area contributed by atoms with Gasteiger partial charge in [0.05, 0.1) is 22.9 Å². The van der Waals surface area contributed by atoms with Gasteiger partial charge in [0.2, 0.25) is 6.79 Å². The maximum Gasteiger partial charge on any atom is 0.339 e. The molecule has 0 aromatic heterocycles. The molecular weight excluding hydrogens is 468 g/mol. The zero-order valence-corrected chi connectivity index (χ0v) is 19.5. The number of anilines is 1. The van der Waals surface area contributed by atoms with Gasteiger partial charge < -0.3 is 19.5 Å². The lowest BCUT2D eigenvalue weighted by Crippen LogP contribution is -2.22. The average Bonchev–Trinajstić information content (AvgIpc) is 3.33. The third-order valence-electron chi connectivity index (χ3n) is 5.08. The molecule has 1 aliphatic rings. The number of hydrogen-bond acceptors (Lipinski definition) is 8. The van der Waals surface area contributed by atoms with Crippen LogP contribution < -0.4 is 14.8 Å². The number of carbonyl (C=O) groups is 3. The lowest BCUT2D eigenvalue weighted by atomic mass is 10.1. The number of nitrogens with one attached hydrogen (secondary N) is 1. The van der Waals surface area contributed by atoms with Crippen LogP contribution in [-0.4, -0.2) is 31.1 Å². The van der Waals surface area contributed by atoms with Gasteiger partial charge in [0.1, 0.15) is 0 Å². The van der Waals surface area contributed by atoms with Crippen molar-refractivity contribution in [3.8, 4) is 17.6 Å². The zero-order valence-electron chi connectivity index (χ0n) is 18.7. The number of Topliss-reactive ketones (excluding diaryl/α,β-unsaturated/α-hetero) is 1. The summed E-state index contributed by atoms with van der Waals surface area (Å²) in [5.74, 6) is -0.0638. The fourth-order valence-electron chi connectivity index (χ4n) is 3.33. The predicted octanol–water partition coefficient (Wildman–Crippen LogP) is 4.58. The fourth-order valence-corrected chi connectivity index (χ4v) is 4.33. The van der Waals surface area contributed by atoms with E-state index in [1.807, 2.05) is 18.2 Å². The lowest BCUT2D eigenvalue weighted by Gasteiger charge is -2.12. The standard InChI is InChI=1S/C26H20N2O6S/c1-16(29)20-10-22-23(34-15-33-22)11-21(20)28-25(30)13-32-26(31)19-4-2-3-5-24(19)35-14-18-8-6-17(12-27)7-9-18/h2-11H,13-15H2,1H3,(H,28,30). The van der Waals surface area contributed by atoms with Gasteiger partial charge in [0.15, 0.2) is 23.9 Å². The highest BCUT2D eigenvalue weighted by Gasteiger charge is 2.21. The van der Waals surface area contributed by atoms with Crippen LogP contribution in [-0.2, 0) is 15.3 Å². The Bertz CT molecular complexity index is 1330. The zero-order chi connectivity index (χ0) is 24.8. The SMILES string of the molecule is CC(=O)c1cc2c(cc1NC(=O)COC(=O)c1ccccc1SCc1ccc(C#N)cc1)OCO2. The Labute approximate surface area is 205 Å². The van der Waals surface area contributed by atoms with Crippen molar-refractivity contribution in [3.05, 3.63) is 82.9 Å². The van der Waals surface area contributed by atoms with E-state index in [0.29, 0.717) is 33.3 Å². The maximum atomic E-state index is 12.7. The van der Waals surface area contributed by atoms with E-state index >= 15 is 0 Å². The molecule has 0 saturated heterocycles. The molecule has 1 aliphatic heterocycles. The summed E-state index contributed by atoms with van der Waals surface area (Å²) in [7, 11) is 0. The van der Waals surface area contributed by atoms with Gasteiger partial charge in [-0.25, -0.2) is 4.79 Å². The number of hydrogen-bond donors (Lipinski definition) is 1. The van der Waals surface area contributed by atoms with E-state index in [1.54, 1.807) is 30.3 Å². The summed E-state index contributed by atoms with van der Waals surface area (Å²) in [5.41, 5.74) is 2.44. The molecule has 0 atom stereocenters. The Morgan fingerprint density at radius 1 is 1.03 bits per heavy atom. The van der Waals surface area contributed by atoms with Gasteiger partial charge in [-0.05, 0) is 42.8 Å². The minimum Gasteiger partial charge on any atom is -0.454 e. The van der Waals surface area contributed by atoms with E-state index in [9.17, 15) is 14.4 Å². The number of carbonyl (C=O) groups excluding carboxylic acids is 3. The Morgan fingerprint density at radius 2 is 1.74 bits per heavy atom. The first-order valence-electron chi connectivity index (χ1n) is 10.6. The van der Waals surface area contributed by atoms with Gasteiger partial charge in [0, 0.05) is 22.3 Å². The van der Waals surface area contributed by atoms with Crippen LogP contribution in [0.15, 0.2) is 65.6 Å². The second kappa shape index (κ2) is 10.8. The molecule has 1 N–H and O–H groups in total. The van der Waals surface area contributed by atoms with Crippen LogP contribution in [0.4, 0.5) is 5.69 Å². The van der Waals surface area contributed by atoms with Crippen LogP contribution in [0.3, 0.4) is 0 Å². The minimum atomic E-state index is -0.638. The largest absolute Gasteiger partial charge is 0.454 e. The molecule has 0 spiro atoms. The van der Waals surface area contributed by atoms with Crippen molar-refractivity contribution in [2.75, 3.05) is 18.7 Å². The third-order valence-corrected chi connectivity index (χ3v) is 6.23. The molecule has 0 fully saturated rings. The third kappa shape index (κ3) is 5.80. The van der Waals surface area contributed by atoms with Crippen molar-refractivity contribution in [3.63, 3.8) is 0 Å². The summed E-state index contributed by atoms with van der Waals surface area (Å²) in [4.78, 5) is 37.9. The van der Waals surface area contributed by atoms with E-state index in [2.05, 4.69) is 11.4 Å². The number of thioether (sulfide) groups is 1. The molecule has 1 heterocycles. The minimum absolute atomic E-state index is 0.0320. The molecular formula is C26H20N2O6S. The Kier molecular flexibility index (Phi) is 7.33. The number of amides is 1. The topological polar surface area (TPSA) is 115 Å². The van der Waals surface area contributed by atoms with E-state index in [0.717, 1.165) is 5.56 Å². The molecule has 4 rings (SSSR count). The second-order valence-electron chi connectivity index (χ2n) is 7.53. The van der Waals surface area contributed by atoms with Crippen molar-refractivity contribution in [2.24, 2.45) is 0 Å². The molecule has 0 aliphatic carbocycles. The maximum absolute atomic E-state index is 12.7. The number of nitrogens with zero attached hydrogens (tertiary/aromatic N) is 1. The van der Waals surface area contributed by atoms with Crippen LogP contribution in [0.2, 0.25) is 0 Å². The van der Waals surface area contributed by atoms with Crippen LogP contribution in [0, 0.1) is 11.3 Å². The molecule has 1 amide bonds. The van der Waals surface area contributed by atoms with E-state index in [4.69, 9.17) is 19.5 Å². The number of ether oxygens (including phenoxy) is 3. The van der Waals surface area contributed by atoms with Crippen molar-refractivity contribution >= 4 is 35.1 Å². The molecule has 176 valence electrons. The highest BCUT2D eigenvalue weighted by Crippen LogP contribution is 2.37. The Hall–Kier alpha value is -4.29. The van der Waals surface area contributed by atoms with Crippen molar-refractivity contribution in [1.82, 2.24) is 0 Å². The smallest absolute Gasteiger partial charge is 0.339 e. The first-order chi connectivity index (χ1) is 16.9. The first-order valence-corrected chi connectivity index (χ1v) is 11.6.